The lowest BCUT2D eigenvalue weighted by Crippen LogP contribution is -2.53. The molecule has 0 fully saturated rings. The van der Waals surface area contributed by atoms with Gasteiger partial charge in [0.15, 0.2) is 0 Å². The molecule has 0 saturated carbocycles. The Bertz CT molecular complexity index is 1680. The average molecular weight is 650 g/mol. The van der Waals surface area contributed by atoms with Crippen LogP contribution in [0.1, 0.15) is 88.1 Å². The van der Waals surface area contributed by atoms with Crippen LogP contribution in [-0.4, -0.2) is 41.0 Å². The maximum absolute atomic E-state index is 14.8. The van der Waals surface area contributed by atoms with Gasteiger partial charge < -0.3 is 20.3 Å². The highest BCUT2D eigenvalue weighted by atomic mass is 16.6. The van der Waals surface area contributed by atoms with Crippen molar-refractivity contribution in [1.29, 1.82) is 0 Å². The number of nitrogens with zero attached hydrogens (tertiary/aromatic N) is 1. The lowest BCUT2D eigenvalue weighted by molar-refractivity contribution is -0.140. The zero-order valence-corrected chi connectivity index (χ0v) is 29.3. The number of carbonyl (C=O) groups excluding carboxylic acids is 3. The molecule has 2 atom stereocenters. The van der Waals surface area contributed by atoms with Gasteiger partial charge in [-0.3, -0.25) is 9.59 Å². The van der Waals surface area contributed by atoms with E-state index in [1.165, 1.54) is 0 Å². The Balaban J connectivity index is 1.76. The molecule has 7 nitrogen and oxygen atoms in total. The number of anilines is 1. The molecule has 0 radical (unpaired) electrons. The fourth-order valence-corrected chi connectivity index (χ4v) is 5.84. The summed E-state index contributed by atoms with van der Waals surface area (Å²) in [4.78, 5) is 44.1. The fraction of sp³-hybridized carbons (Fsp3) is 0.390. The number of hydrogen-bond acceptors (Lipinski definition) is 4. The number of alkyl carbamates (subject to hydrolysis) is 1. The second kappa shape index (κ2) is 17.0. The van der Waals surface area contributed by atoms with Gasteiger partial charge in [0, 0.05) is 18.7 Å². The molecule has 0 aliphatic heterocycles. The van der Waals surface area contributed by atoms with E-state index in [1.54, 1.807) is 25.7 Å². The van der Waals surface area contributed by atoms with Crippen LogP contribution in [0.15, 0.2) is 91.0 Å². The quantitative estimate of drug-likeness (QED) is 0.133. The van der Waals surface area contributed by atoms with Crippen LogP contribution < -0.4 is 10.6 Å². The van der Waals surface area contributed by atoms with Crippen molar-refractivity contribution >= 4 is 34.4 Å². The molecule has 48 heavy (non-hydrogen) atoms. The van der Waals surface area contributed by atoms with Gasteiger partial charge in [-0.15, -0.1) is 0 Å². The third kappa shape index (κ3) is 10.4. The van der Waals surface area contributed by atoms with Gasteiger partial charge in [-0.2, -0.15) is 0 Å². The number of carbonyl (C=O) groups is 3. The molecule has 7 heteroatoms. The SMILES string of the molecule is CCCCCCCN(C(=O)C(Cc1ccccc1)NC(=O)OC(C)(C)C)C(C(=O)Nc1ccc2ccccc2c1)c1ccc(C)c(C)c1. The Kier molecular flexibility index (Phi) is 12.8. The molecule has 0 heterocycles. The van der Waals surface area contributed by atoms with Crippen molar-refractivity contribution < 1.29 is 19.1 Å². The summed E-state index contributed by atoms with van der Waals surface area (Å²) < 4.78 is 5.60. The molecule has 0 aromatic heterocycles. The number of aryl methyl sites for hydroxylation is 2. The number of hydrogen-bond donors (Lipinski definition) is 2. The van der Waals surface area contributed by atoms with Gasteiger partial charge in [-0.05, 0) is 86.2 Å². The van der Waals surface area contributed by atoms with Gasteiger partial charge >= 0.3 is 6.09 Å². The summed E-state index contributed by atoms with van der Waals surface area (Å²) in [5, 5.41) is 8.07. The highest BCUT2D eigenvalue weighted by Crippen LogP contribution is 2.28. The molecule has 4 rings (SSSR count). The van der Waals surface area contributed by atoms with Crippen LogP contribution in [0.4, 0.5) is 10.5 Å². The maximum Gasteiger partial charge on any atom is 0.408 e. The summed E-state index contributed by atoms with van der Waals surface area (Å²) in [6.07, 6.45) is 4.46. The lowest BCUT2D eigenvalue weighted by Gasteiger charge is -2.35. The van der Waals surface area contributed by atoms with Gasteiger partial charge in [0.2, 0.25) is 5.91 Å². The number of benzene rings is 4. The molecule has 0 spiro atoms. The minimum Gasteiger partial charge on any atom is -0.444 e. The van der Waals surface area contributed by atoms with Crippen LogP contribution in [0, 0.1) is 13.8 Å². The topological polar surface area (TPSA) is 87.7 Å². The van der Waals surface area contributed by atoms with Gasteiger partial charge in [0.1, 0.15) is 17.7 Å². The number of nitrogens with one attached hydrogen (secondary N) is 2. The first-order valence-corrected chi connectivity index (χ1v) is 17.2. The third-order valence-corrected chi connectivity index (χ3v) is 8.48. The Hall–Kier alpha value is -4.65. The molecule has 3 amide bonds. The minimum absolute atomic E-state index is 0.247. The molecule has 0 saturated heterocycles. The highest BCUT2D eigenvalue weighted by Gasteiger charge is 2.36. The first-order chi connectivity index (χ1) is 22.9. The molecule has 0 bridgehead atoms. The largest absolute Gasteiger partial charge is 0.444 e. The van der Waals surface area contributed by atoms with Crippen molar-refractivity contribution in [2.24, 2.45) is 0 Å². The second-order valence-corrected chi connectivity index (χ2v) is 13.6. The number of ether oxygens (including phenoxy) is 1. The van der Waals surface area contributed by atoms with E-state index in [1.807, 2.05) is 105 Å². The first kappa shape index (κ1) is 36.2. The standard InChI is InChI=1S/C41H51N3O4/c1-7-8-9-10-16-25-44(39(46)36(27-31-17-12-11-13-18-31)43-40(47)48-41(4,5)6)37(34-22-21-29(2)30(3)26-34)38(45)42-35-24-23-32-19-14-15-20-33(32)28-35/h11-15,17-24,26,28,36-37H,7-10,16,25,27H2,1-6H3,(H,42,45)(H,43,47). The molecule has 4 aromatic rings. The van der Waals surface area contributed by atoms with E-state index in [-0.39, 0.29) is 18.2 Å². The fourth-order valence-electron chi connectivity index (χ4n) is 5.84. The molecule has 2 unspecified atom stereocenters. The molecular weight excluding hydrogens is 598 g/mol. The summed E-state index contributed by atoms with van der Waals surface area (Å²) in [6, 6.07) is 27.4. The van der Waals surface area contributed by atoms with E-state index in [9.17, 15) is 14.4 Å². The zero-order chi connectivity index (χ0) is 34.7. The van der Waals surface area contributed by atoms with Crippen molar-refractivity contribution in [2.75, 3.05) is 11.9 Å². The number of unbranched alkanes of at least 4 members (excludes halogenated alkanes) is 4. The third-order valence-electron chi connectivity index (χ3n) is 8.48. The van der Waals surface area contributed by atoms with E-state index in [0.29, 0.717) is 17.8 Å². The number of rotatable bonds is 14. The molecule has 2 N–H and O–H groups in total. The summed E-state index contributed by atoms with van der Waals surface area (Å²) in [5.41, 5.74) is 3.63. The van der Waals surface area contributed by atoms with Gasteiger partial charge in [-0.25, -0.2) is 4.79 Å². The Morgan fingerprint density at radius 2 is 1.46 bits per heavy atom. The monoisotopic (exact) mass is 649 g/mol. The van der Waals surface area contributed by atoms with Crippen LogP contribution in [0.5, 0.6) is 0 Å². The normalized spacial score (nSPS) is 12.6. The summed E-state index contributed by atoms with van der Waals surface area (Å²) >= 11 is 0. The van der Waals surface area contributed by atoms with Crippen LogP contribution >= 0.6 is 0 Å². The molecular formula is C41H51N3O4. The summed E-state index contributed by atoms with van der Waals surface area (Å²) in [7, 11) is 0. The van der Waals surface area contributed by atoms with Crippen molar-refractivity contribution in [3.05, 3.63) is 113 Å². The minimum atomic E-state index is -0.958. The number of fused-ring (bicyclic) bond motifs is 1. The van der Waals surface area contributed by atoms with Gasteiger partial charge in [-0.1, -0.05) is 111 Å². The van der Waals surface area contributed by atoms with E-state index in [0.717, 1.165) is 59.6 Å². The summed E-state index contributed by atoms with van der Waals surface area (Å²) in [6.45, 7) is 11.9. The second-order valence-electron chi connectivity index (χ2n) is 13.6. The van der Waals surface area contributed by atoms with E-state index >= 15 is 0 Å². The Morgan fingerprint density at radius 1 is 0.771 bits per heavy atom. The van der Waals surface area contributed by atoms with Crippen molar-refractivity contribution in [2.45, 2.75) is 97.8 Å². The van der Waals surface area contributed by atoms with Crippen LogP contribution in [-0.2, 0) is 20.7 Å². The Labute approximate surface area is 286 Å². The maximum atomic E-state index is 14.8. The molecule has 0 aliphatic rings. The first-order valence-electron chi connectivity index (χ1n) is 17.2. The van der Waals surface area contributed by atoms with E-state index < -0.39 is 23.8 Å². The van der Waals surface area contributed by atoms with E-state index in [2.05, 4.69) is 17.6 Å². The van der Waals surface area contributed by atoms with Crippen molar-refractivity contribution in [3.63, 3.8) is 0 Å². The zero-order valence-electron chi connectivity index (χ0n) is 29.3. The van der Waals surface area contributed by atoms with Gasteiger partial charge in [0.05, 0.1) is 0 Å². The average Bonchev–Trinajstić information content (AvgIpc) is 3.04. The van der Waals surface area contributed by atoms with Crippen LogP contribution in [0.2, 0.25) is 0 Å². The van der Waals surface area contributed by atoms with E-state index in [4.69, 9.17) is 4.74 Å². The van der Waals surface area contributed by atoms with Gasteiger partial charge in [0.25, 0.3) is 5.91 Å². The van der Waals surface area contributed by atoms with Crippen molar-refractivity contribution in [1.82, 2.24) is 10.2 Å². The van der Waals surface area contributed by atoms with Crippen LogP contribution in [0.3, 0.4) is 0 Å². The molecule has 254 valence electrons. The number of amides is 3. The molecule has 4 aromatic carbocycles. The van der Waals surface area contributed by atoms with Crippen molar-refractivity contribution in [3.8, 4) is 0 Å². The predicted octanol–water partition coefficient (Wildman–Crippen LogP) is 9.07. The van der Waals surface area contributed by atoms with Crippen LogP contribution in [0.25, 0.3) is 10.8 Å². The molecule has 0 aliphatic carbocycles. The highest BCUT2D eigenvalue weighted by molar-refractivity contribution is 6.00. The lowest BCUT2D eigenvalue weighted by atomic mass is 9.97. The predicted molar refractivity (Wildman–Crippen MR) is 195 cm³/mol. The smallest absolute Gasteiger partial charge is 0.408 e. The summed E-state index contributed by atoms with van der Waals surface area (Å²) in [5.74, 6) is -0.650. The Morgan fingerprint density at radius 3 is 2.15 bits per heavy atom.